The molecule has 2 aromatic heterocycles. The Hall–Kier alpha value is -2.18. The Labute approximate surface area is 147 Å². The van der Waals surface area contributed by atoms with Crippen molar-refractivity contribution in [2.45, 2.75) is 70.4 Å². The fourth-order valence-corrected chi connectivity index (χ4v) is 4.70. The van der Waals surface area contributed by atoms with Crippen LogP contribution in [0.1, 0.15) is 67.3 Å². The lowest BCUT2D eigenvalue weighted by atomic mass is 9.96. The number of rotatable bonds is 2. The lowest BCUT2D eigenvalue weighted by Crippen LogP contribution is -2.36. The van der Waals surface area contributed by atoms with Gasteiger partial charge < -0.3 is 15.2 Å². The average molecular weight is 339 g/mol. The van der Waals surface area contributed by atoms with Crippen LogP contribution < -0.4 is 10.6 Å². The summed E-state index contributed by atoms with van der Waals surface area (Å²) < 4.78 is 2.35. The SMILES string of the molecule is Nc1nc2c(c(N3CCn4c(nnc4C4CCCC4)C3)n1)CCCC2. The Bertz CT molecular complexity index is 791. The number of hydrogen-bond donors (Lipinski definition) is 1. The zero-order valence-corrected chi connectivity index (χ0v) is 14.6. The monoisotopic (exact) mass is 339 g/mol. The van der Waals surface area contributed by atoms with E-state index in [0.29, 0.717) is 11.9 Å². The van der Waals surface area contributed by atoms with E-state index in [1.165, 1.54) is 49.9 Å². The molecular weight excluding hydrogens is 314 g/mol. The van der Waals surface area contributed by atoms with Crippen LogP contribution >= 0.6 is 0 Å². The normalized spacial score (nSPS) is 20.6. The van der Waals surface area contributed by atoms with E-state index in [0.717, 1.165) is 49.8 Å². The number of hydrogen-bond acceptors (Lipinski definition) is 6. The van der Waals surface area contributed by atoms with Crippen molar-refractivity contribution in [2.24, 2.45) is 0 Å². The minimum Gasteiger partial charge on any atom is -0.368 e. The highest BCUT2D eigenvalue weighted by molar-refractivity contribution is 5.53. The first-order valence-electron chi connectivity index (χ1n) is 9.62. The predicted molar refractivity (Wildman–Crippen MR) is 95.4 cm³/mol. The van der Waals surface area contributed by atoms with Crippen molar-refractivity contribution in [3.8, 4) is 0 Å². The third kappa shape index (κ3) is 2.56. The van der Waals surface area contributed by atoms with E-state index in [1.807, 2.05) is 0 Å². The smallest absolute Gasteiger partial charge is 0.222 e. The molecule has 0 saturated heterocycles. The van der Waals surface area contributed by atoms with Gasteiger partial charge in [-0.15, -0.1) is 10.2 Å². The van der Waals surface area contributed by atoms with Crippen molar-refractivity contribution < 1.29 is 0 Å². The van der Waals surface area contributed by atoms with E-state index in [9.17, 15) is 0 Å². The van der Waals surface area contributed by atoms with Crippen LogP contribution in [-0.2, 0) is 25.9 Å². The molecule has 0 atom stereocenters. The van der Waals surface area contributed by atoms with Crippen molar-refractivity contribution in [1.29, 1.82) is 0 Å². The van der Waals surface area contributed by atoms with E-state index in [1.54, 1.807) is 0 Å². The Morgan fingerprint density at radius 1 is 0.920 bits per heavy atom. The first-order valence-corrected chi connectivity index (χ1v) is 9.62. The molecule has 5 rings (SSSR count). The summed E-state index contributed by atoms with van der Waals surface area (Å²) in [4.78, 5) is 11.4. The molecule has 2 aliphatic carbocycles. The molecule has 2 N–H and O–H groups in total. The molecule has 1 fully saturated rings. The van der Waals surface area contributed by atoms with Gasteiger partial charge >= 0.3 is 0 Å². The van der Waals surface area contributed by atoms with Crippen LogP contribution in [-0.4, -0.2) is 31.3 Å². The van der Waals surface area contributed by atoms with Gasteiger partial charge in [-0.1, -0.05) is 12.8 Å². The molecular formula is C18H25N7. The molecule has 3 aliphatic rings. The summed E-state index contributed by atoms with van der Waals surface area (Å²) in [5, 5.41) is 9.05. The molecule has 0 amide bonds. The van der Waals surface area contributed by atoms with E-state index >= 15 is 0 Å². The summed E-state index contributed by atoms with van der Waals surface area (Å²) in [6.07, 6.45) is 9.66. The Balaban J connectivity index is 1.46. The van der Waals surface area contributed by atoms with E-state index < -0.39 is 0 Å². The molecule has 132 valence electrons. The number of aryl methyl sites for hydroxylation is 1. The van der Waals surface area contributed by atoms with Crippen LogP contribution in [0.15, 0.2) is 0 Å². The molecule has 0 aromatic carbocycles. The first-order chi connectivity index (χ1) is 12.3. The maximum atomic E-state index is 5.99. The van der Waals surface area contributed by atoms with Gasteiger partial charge in [0, 0.05) is 24.6 Å². The maximum absolute atomic E-state index is 5.99. The summed E-state index contributed by atoms with van der Waals surface area (Å²) in [5.74, 6) is 4.30. The van der Waals surface area contributed by atoms with Crippen molar-refractivity contribution in [3.05, 3.63) is 22.9 Å². The quantitative estimate of drug-likeness (QED) is 0.903. The summed E-state index contributed by atoms with van der Waals surface area (Å²) in [5.41, 5.74) is 8.43. The van der Waals surface area contributed by atoms with Gasteiger partial charge in [0.25, 0.3) is 0 Å². The fraction of sp³-hybridized carbons (Fsp3) is 0.667. The van der Waals surface area contributed by atoms with Gasteiger partial charge in [-0.2, -0.15) is 4.98 Å². The molecule has 1 aliphatic heterocycles. The van der Waals surface area contributed by atoms with Gasteiger partial charge in [0.05, 0.1) is 12.2 Å². The predicted octanol–water partition coefficient (Wildman–Crippen LogP) is 2.21. The van der Waals surface area contributed by atoms with E-state index in [-0.39, 0.29) is 0 Å². The van der Waals surface area contributed by atoms with Crippen LogP contribution in [0.2, 0.25) is 0 Å². The van der Waals surface area contributed by atoms with Crippen molar-refractivity contribution in [3.63, 3.8) is 0 Å². The number of nitrogen functional groups attached to an aromatic ring is 1. The largest absolute Gasteiger partial charge is 0.368 e. The van der Waals surface area contributed by atoms with Crippen molar-refractivity contribution in [2.75, 3.05) is 17.2 Å². The van der Waals surface area contributed by atoms with Gasteiger partial charge in [-0.3, -0.25) is 0 Å². The molecule has 7 nitrogen and oxygen atoms in total. The molecule has 0 spiro atoms. The Morgan fingerprint density at radius 2 is 1.76 bits per heavy atom. The highest BCUT2D eigenvalue weighted by Crippen LogP contribution is 2.35. The van der Waals surface area contributed by atoms with Crippen LogP contribution in [0, 0.1) is 0 Å². The zero-order chi connectivity index (χ0) is 16.8. The van der Waals surface area contributed by atoms with Crippen molar-refractivity contribution >= 4 is 11.8 Å². The summed E-state index contributed by atoms with van der Waals surface area (Å²) in [7, 11) is 0. The molecule has 2 aromatic rings. The minimum absolute atomic E-state index is 0.398. The third-order valence-corrected chi connectivity index (χ3v) is 5.98. The second-order valence-electron chi connectivity index (χ2n) is 7.57. The van der Waals surface area contributed by atoms with Gasteiger partial charge in [0.2, 0.25) is 5.95 Å². The molecule has 3 heterocycles. The number of aromatic nitrogens is 5. The van der Waals surface area contributed by atoms with Crippen LogP contribution in [0.4, 0.5) is 11.8 Å². The van der Waals surface area contributed by atoms with Crippen molar-refractivity contribution in [1.82, 2.24) is 24.7 Å². The number of anilines is 2. The summed E-state index contributed by atoms with van der Waals surface area (Å²) >= 11 is 0. The average Bonchev–Trinajstić information content (AvgIpc) is 3.29. The number of fused-ring (bicyclic) bond motifs is 2. The number of nitrogens with zero attached hydrogens (tertiary/aromatic N) is 6. The molecule has 0 unspecified atom stereocenters. The van der Waals surface area contributed by atoms with Gasteiger partial charge in [0.15, 0.2) is 5.82 Å². The zero-order valence-electron chi connectivity index (χ0n) is 14.6. The Kier molecular flexibility index (Phi) is 3.60. The molecule has 1 saturated carbocycles. The maximum Gasteiger partial charge on any atom is 0.222 e. The molecule has 0 radical (unpaired) electrons. The molecule has 25 heavy (non-hydrogen) atoms. The summed E-state index contributed by atoms with van der Waals surface area (Å²) in [6, 6.07) is 0. The van der Waals surface area contributed by atoms with Crippen LogP contribution in [0.5, 0.6) is 0 Å². The first kappa shape index (κ1) is 15.1. The van der Waals surface area contributed by atoms with Gasteiger partial charge in [-0.05, 0) is 38.5 Å². The second kappa shape index (κ2) is 5.97. The van der Waals surface area contributed by atoms with Crippen LogP contribution in [0.3, 0.4) is 0 Å². The Morgan fingerprint density at radius 3 is 2.64 bits per heavy atom. The van der Waals surface area contributed by atoms with Gasteiger partial charge in [0.1, 0.15) is 11.6 Å². The highest BCUT2D eigenvalue weighted by atomic mass is 15.4. The van der Waals surface area contributed by atoms with E-state index in [4.69, 9.17) is 5.73 Å². The minimum atomic E-state index is 0.398. The van der Waals surface area contributed by atoms with Gasteiger partial charge in [-0.25, -0.2) is 4.98 Å². The standard InChI is InChI=1S/C18H25N7/c19-18-20-14-8-4-3-7-13(14)17(21-18)24-9-10-25-15(11-24)22-23-16(25)12-5-1-2-6-12/h12H,1-11H2,(H2,19,20,21). The third-order valence-electron chi connectivity index (χ3n) is 5.98. The lowest BCUT2D eigenvalue weighted by molar-refractivity contribution is 0.513. The summed E-state index contributed by atoms with van der Waals surface area (Å²) in [6.45, 7) is 2.64. The number of nitrogens with two attached hydrogens (primary N) is 1. The van der Waals surface area contributed by atoms with E-state index in [2.05, 4.69) is 29.6 Å². The fourth-order valence-electron chi connectivity index (χ4n) is 4.70. The topological polar surface area (TPSA) is 85.8 Å². The molecule has 7 heteroatoms. The molecule has 0 bridgehead atoms. The highest BCUT2D eigenvalue weighted by Gasteiger charge is 2.29. The second-order valence-corrected chi connectivity index (χ2v) is 7.57. The lowest BCUT2D eigenvalue weighted by Gasteiger charge is -2.32. The van der Waals surface area contributed by atoms with Crippen LogP contribution in [0.25, 0.3) is 0 Å².